The van der Waals surface area contributed by atoms with Gasteiger partial charge in [-0.05, 0) is 24.7 Å². The van der Waals surface area contributed by atoms with E-state index in [0.29, 0.717) is 19.6 Å². The minimum Gasteiger partial charge on any atom is -0.497 e. The second kappa shape index (κ2) is 7.76. The van der Waals surface area contributed by atoms with Crippen molar-refractivity contribution < 1.29 is 14.6 Å². The summed E-state index contributed by atoms with van der Waals surface area (Å²) in [7, 11) is 5.21. The van der Waals surface area contributed by atoms with Crippen LogP contribution in [0.15, 0.2) is 24.3 Å². The van der Waals surface area contributed by atoms with Gasteiger partial charge in [-0.1, -0.05) is 12.1 Å². The lowest BCUT2D eigenvalue weighted by molar-refractivity contribution is -0.131. The number of likely N-dealkylation sites (N-methyl/N-ethyl adjacent to an activating group) is 2. The maximum Gasteiger partial charge on any atom is 0.236 e. The van der Waals surface area contributed by atoms with Crippen molar-refractivity contribution in [3.05, 3.63) is 29.8 Å². The first-order chi connectivity index (χ1) is 9.06. The molecule has 0 aliphatic heterocycles. The lowest BCUT2D eigenvalue weighted by atomic mass is 10.2. The van der Waals surface area contributed by atoms with Crippen molar-refractivity contribution in [1.82, 2.24) is 9.80 Å². The highest BCUT2D eigenvalue weighted by atomic mass is 16.5. The first-order valence-corrected chi connectivity index (χ1v) is 6.23. The number of aliphatic hydroxyl groups excluding tert-OH is 1. The third kappa shape index (κ3) is 5.28. The molecular formula is C14H22N2O3. The lowest BCUT2D eigenvalue weighted by Crippen LogP contribution is -2.37. The van der Waals surface area contributed by atoms with E-state index in [1.165, 1.54) is 0 Å². The minimum absolute atomic E-state index is 0.0266. The average Bonchev–Trinajstić information content (AvgIpc) is 2.39. The number of hydrogen-bond acceptors (Lipinski definition) is 4. The molecule has 0 aliphatic carbocycles. The van der Waals surface area contributed by atoms with E-state index in [9.17, 15) is 4.79 Å². The molecule has 0 saturated carbocycles. The van der Waals surface area contributed by atoms with Crippen molar-refractivity contribution in [3.63, 3.8) is 0 Å². The molecule has 1 N–H and O–H groups in total. The van der Waals surface area contributed by atoms with Gasteiger partial charge in [0.15, 0.2) is 0 Å². The highest BCUT2D eigenvalue weighted by Crippen LogP contribution is 2.13. The quantitative estimate of drug-likeness (QED) is 0.784. The summed E-state index contributed by atoms with van der Waals surface area (Å²) in [4.78, 5) is 15.4. The normalized spacial score (nSPS) is 10.6. The molecule has 19 heavy (non-hydrogen) atoms. The fourth-order valence-electron chi connectivity index (χ4n) is 1.73. The number of benzene rings is 1. The van der Waals surface area contributed by atoms with Crippen LogP contribution >= 0.6 is 0 Å². The van der Waals surface area contributed by atoms with Gasteiger partial charge in [-0.15, -0.1) is 0 Å². The predicted molar refractivity (Wildman–Crippen MR) is 74.1 cm³/mol. The summed E-state index contributed by atoms with van der Waals surface area (Å²) in [5.74, 6) is 0.814. The molecule has 0 aromatic heterocycles. The van der Waals surface area contributed by atoms with E-state index in [0.717, 1.165) is 11.3 Å². The monoisotopic (exact) mass is 266 g/mol. The van der Waals surface area contributed by atoms with Crippen LogP contribution in [0.2, 0.25) is 0 Å². The number of rotatable bonds is 7. The van der Waals surface area contributed by atoms with Crippen molar-refractivity contribution in [2.75, 3.05) is 40.9 Å². The van der Waals surface area contributed by atoms with E-state index in [1.54, 1.807) is 24.0 Å². The van der Waals surface area contributed by atoms with Crippen LogP contribution in [0.25, 0.3) is 0 Å². The Kier molecular flexibility index (Phi) is 6.32. The molecule has 0 atom stereocenters. The van der Waals surface area contributed by atoms with E-state index in [4.69, 9.17) is 9.84 Å². The fourth-order valence-corrected chi connectivity index (χ4v) is 1.73. The zero-order valence-corrected chi connectivity index (χ0v) is 11.8. The van der Waals surface area contributed by atoms with Gasteiger partial charge in [0.1, 0.15) is 5.75 Å². The molecule has 0 unspecified atom stereocenters. The third-order valence-electron chi connectivity index (χ3n) is 2.87. The van der Waals surface area contributed by atoms with Crippen LogP contribution in [-0.4, -0.2) is 61.7 Å². The van der Waals surface area contributed by atoms with Crippen LogP contribution in [0, 0.1) is 0 Å². The number of aliphatic hydroxyl groups is 1. The fraction of sp³-hybridized carbons (Fsp3) is 0.500. The number of nitrogens with zero attached hydrogens (tertiary/aromatic N) is 2. The molecule has 0 radical (unpaired) electrons. The molecule has 1 rings (SSSR count). The maximum absolute atomic E-state index is 12.0. The average molecular weight is 266 g/mol. The van der Waals surface area contributed by atoms with Crippen molar-refractivity contribution in [2.45, 2.75) is 6.54 Å². The Balaban J connectivity index is 2.53. The number of ether oxygens (including phenoxy) is 1. The molecule has 5 heteroatoms. The third-order valence-corrected chi connectivity index (χ3v) is 2.87. The first kappa shape index (κ1) is 15.5. The van der Waals surface area contributed by atoms with Crippen molar-refractivity contribution in [3.8, 4) is 5.75 Å². The summed E-state index contributed by atoms with van der Waals surface area (Å²) in [6.07, 6.45) is 0. The minimum atomic E-state index is 0.0266. The van der Waals surface area contributed by atoms with Gasteiger partial charge in [-0.25, -0.2) is 0 Å². The zero-order chi connectivity index (χ0) is 14.3. The van der Waals surface area contributed by atoms with Crippen LogP contribution < -0.4 is 4.74 Å². The molecule has 1 aromatic rings. The number of carbonyl (C=O) groups is 1. The molecule has 5 nitrogen and oxygen atoms in total. The Bertz CT molecular complexity index is 409. The number of carbonyl (C=O) groups excluding carboxylic acids is 1. The van der Waals surface area contributed by atoms with E-state index in [1.807, 2.05) is 31.3 Å². The van der Waals surface area contributed by atoms with Gasteiger partial charge in [0, 0.05) is 20.1 Å². The number of hydrogen-bond donors (Lipinski definition) is 1. The van der Waals surface area contributed by atoms with E-state index < -0.39 is 0 Å². The first-order valence-electron chi connectivity index (χ1n) is 6.23. The highest BCUT2D eigenvalue weighted by molar-refractivity contribution is 5.77. The largest absolute Gasteiger partial charge is 0.497 e. The molecular weight excluding hydrogens is 244 g/mol. The molecule has 0 saturated heterocycles. The summed E-state index contributed by atoms with van der Waals surface area (Å²) in [6, 6.07) is 7.66. The van der Waals surface area contributed by atoms with Gasteiger partial charge >= 0.3 is 0 Å². The molecule has 1 amide bonds. The molecule has 0 fully saturated rings. The maximum atomic E-state index is 12.0. The second-order valence-corrected chi connectivity index (χ2v) is 4.56. The van der Waals surface area contributed by atoms with Crippen LogP contribution in [0.3, 0.4) is 0 Å². The van der Waals surface area contributed by atoms with E-state index in [-0.39, 0.29) is 12.5 Å². The molecule has 0 bridgehead atoms. The number of methoxy groups -OCH3 is 1. The van der Waals surface area contributed by atoms with Crippen LogP contribution in [0.4, 0.5) is 0 Å². The summed E-state index contributed by atoms with van der Waals surface area (Å²) >= 11 is 0. The standard InChI is InChI=1S/C14H22N2O3/c1-15(7-8-17)11-14(18)16(2)10-12-5-4-6-13(9-12)19-3/h4-6,9,17H,7-8,10-11H2,1-3H3. The topological polar surface area (TPSA) is 53.0 Å². The van der Waals surface area contributed by atoms with Gasteiger partial charge < -0.3 is 14.7 Å². The summed E-state index contributed by atoms with van der Waals surface area (Å²) < 4.78 is 5.15. The summed E-state index contributed by atoms with van der Waals surface area (Å²) in [6.45, 7) is 1.41. The Morgan fingerprint density at radius 3 is 2.74 bits per heavy atom. The van der Waals surface area contributed by atoms with Crippen LogP contribution in [-0.2, 0) is 11.3 Å². The Morgan fingerprint density at radius 2 is 2.11 bits per heavy atom. The molecule has 0 spiro atoms. The van der Waals surface area contributed by atoms with E-state index >= 15 is 0 Å². The van der Waals surface area contributed by atoms with Gasteiger partial charge in [-0.3, -0.25) is 9.69 Å². The number of amides is 1. The van der Waals surface area contributed by atoms with Crippen molar-refractivity contribution >= 4 is 5.91 Å². The Hall–Kier alpha value is -1.59. The SMILES string of the molecule is COc1cccc(CN(C)C(=O)CN(C)CCO)c1. The molecule has 0 aliphatic rings. The molecule has 1 aromatic carbocycles. The van der Waals surface area contributed by atoms with Gasteiger partial charge in [0.2, 0.25) is 5.91 Å². The van der Waals surface area contributed by atoms with Crippen LogP contribution in [0.5, 0.6) is 5.75 Å². The van der Waals surface area contributed by atoms with E-state index in [2.05, 4.69) is 0 Å². The predicted octanol–water partition coefficient (Wildman–Crippen LogP) is 0.578. The smallest absolute Gasteiger partial charge is 0.236 e. The summed E-state index contributed by atoms with van der Waals surface area (Å²) in [5.41, 5.74) is 1.03. The molecule has 0 heterocycles. The Morgan fingerprint density at radius 1 is 1.37 bits per heavy atom. The second-order valence-electron chi connectivity index (χ2n) is 4.56. The van der Waals surface area contributed by atoms with Crippen molar-refractivity contribution in [1.29, 1.82) is 0 Å². The van der Waals surface area contributed by atoms with Gasteiger partial charge in [0.05, 0.1) is 20.3 Å². The van der Waals surface area contributed by atoms with Crippen LogP contribution in [0.1, 0.15) is 5.56 Å². The summed E-state index contributed by atoms with van der Waals surface area (Å²) in [5, 5.41) is 8.80. The lowest BCUT2D eigenvalue weighted by Gasteiger charge is -2.21. The van der Waals surface area contributed by atoms with Crippen molar-refractivity contribution in [2.24, 2.45) is 0 Å². The van der Waals surface area contributed by atoms with Gasteiger partial charge in [-0.2, -0.15) is 0 Å². The molecule has 106 valence electrons. The zero-order valence-electron chi connectivity index (χ0n) is 11.8. The Labute approximate surface area is 114 Å². The highest BCUT2D eigenvalue weighted by Gasteiger charge is 2.12. The van der Waals surface area contributed by atoms with Gasteiger partial charge in [0.25, 0.3) is 0 Å².